The van der Waals surface area contributed by atoms with Crippen molar-refractivity contribution in [2.75, 3.05) is 28.4 Å². The van der Waals surface area contributed by atoms with Gasteiger partial charge in [0.15, 0.2) is 16.3 Å². The van der Waals surface area contributed by atoms with Crippen molar-refractivity contribution in [3.05, 3.63) is 46.8 Å². The van der Waals surface area contributed by atoms with Crippen LogP contribution in [0.25, 0.3) is 10.2 Å². The third-order valence-corrected chi connectivity index (χ3v) is 5.48. The van der Waals surface area contributed by atoms with Crippen molar-refractivity contribution in [3.8, 4) is 17.2 Å². The first-order valence-corrected chi connectivity index (χ1v) is 9.83. The van der Waals surface area contributed by atoms with Crippen LogP contribution in [0.4, 0.5) is 0 Å². The predicted molar refractivity (Wildman–Crippen MR) is 112 cm³/mol. The number of aromatic nitrogens is 1. The topological polar surface area (TPSA) is 88.4 Å². The number of hydrogen-bond donors (Lipinski definition) is 0. The number of amides is 1. The second-order valence-electron chi connectivity index (χ2n) is 6.25. The Balaban J connectivity index is 2.04. The lowest BCUT2D eigenvalue weighted by Crippen LogP contribution is -2.22. The molecule has 0 radical (unpaired) electrons. The van der Waals surface area contributed by atoms with Crippen molar-refractivity contribution in [1.82, 2.24) is 4.57 Å². The predicted octanol–water partition coefficient (Wildman–Crippen LogP) is 2.57. The number of hydrogen-bond acceptors (Lipinski definition) is 7. The largest absolute Gasteiger partial charge is 0.497 e. The minimum Gasteiger partial charge on any atom is -0.497 e. The Morgan fingerprint density at radius 2 is 1.63 bits per heavy atom. The highest BCUT2D eigenvalue weighted by Crippen LogP contribution is 2.33. The van der Waals surface area contributed by atoms with E-state index in [2.05, 4.69) is 4.99 Å². The van der Waals surface area contributed by atoms with Gasteiger partial charge in [-0.15, -0.1) is 0 Å². The van der Waals surface area contributed by atoms with Crippen molar-refractivity contribution in [1.29, 1.82) is 0 Å². The number of methoxy groups -OCH3 is 4. The lowest BCUT2D eigenvalue weighted by Gasteiger charge is -2.09. The summed E-state index contributed by atoms with van der Waals surface area (Å²) in [6.45, 7) is -0.0827. The van der Waals surface area contributed by atoms with Crippen molar-refractivity contribution < 1.29 is 28.5 Å². The first-order valence-electron chi connectivity index (χ1n) is 9.01. The molecule has 9 heteroatoms. The molecular formula is C21H22N2O6S. The van der Waals surface area contributed by atoms with E-state index < -0.39 is 5.97 Å². The number of rotatable bonds is 7. The van der Waals surface area contributed by atoms with Crippen LogP contribution in [0.2, 0.25) is 0 Å². The molecule has 1 aromatic heterocycles. The van der Waals surface area contributed by atoms with E-state index in [0.717, 1.165) is 10.3 Å². The maximum Gasteiger partial charge on any atom is 0.325 e. The number of carbonyl (C=O) groups excluding carboxylic acids is 2. The molecule has 158 valence electrons. The summed E-state index contributed by atoms with van der Waals surface area (Å²) in [5, 5.41) is 0. The molecule has 1 amide bonds. The van der Waals surface area contributed by atoms with E-state index in [1.807, 2.05) is 12.1 Å². The SMILES string of the molecule is COC(=O)Cn1c(=NC(=O)Cc2ccc(OC)cc2)sc2cc(OC)c(OC)cc21. The van der Waals surface area contributed by atoms with Gasteiger partial charge in [-0.25, -0.2) is 0 Å². The molecule has 30 heavy (non-hydrogen) atoms. The third kappa shape index (κ3) is 4.62. The summed E-state index contributed by atoms with van der Waals surface area (Å²) in [5.41, 5.74) is 1.51. The highest BCUT2D eigenvalue weighted by molar-refractivity contribution is 7.16. The summed E-state index contributed by atoms with van der Waals surface area (Å²) < 4.78 is 23.1. The van der Waals surface area contributed by atoms with Gasteiger partial charge in [-0.1, -0.05) is 23.5 Å². The van der Waals surface area contributed by atoms with E-state index in [1.165, 1.54) is 25.6 Å². The first kappa shape index (κ1) is 21.4. The van der Waals surface area contributed by atoms with Crippen LogP contribution in [0, 0.1) is 0 Å². The van der Waals surface area contributed by atoms with Crippen LogP contribution in [0.1, 0.15) is 5.56 Å². The fraction of sp³-hybridized carbons (Fsp3) is 0.286. The summed E-state index contributed by atoms with van der Waals surface area (Å²) in [5.74, 6) is 0.995. The highest BCUT2D eigenvalue weighted by Gasteiger charge is 2.16. The van der Waals surface area contributed by atoms with Gasteiger partial charge < -0.3 is 23.5 Å². The summed E-state index contributed by atoms with van der Waals surface area (Å²) in [6.07, 6.45) is 0.128. The van der Waals surface area contributed by atoms with Crippen molar-refractivity contribution in [3.63, 3.8) is 0 Å². The van der Waals surface area contributed by atoms with Gasteiger partial charge in [0.1, 0.15) is 12.3 Å². The average Bonchev–Trinajstić information content (AvgIpc) is 3.08. The first-order chi connectivity index (χ1) is 14.5. The Kier molecular flexibility index (Phi) is 6.73. The van der Waals surface area contributed by atoms with Crippen LogP contribution in [0.15, 0.2) is 41.4 Å². The molecule has 8 nitrogen and oxygen atoms in total. The fourth-order valence-corrected chi connectivity index (χ4v) is 3.95. The molecule has 2 aromatic carbocycles. The molecule has 0 saturated heterocycles. The van der Waals surface area contributed by atoms with Crippen LogP contribution >= 0.6 is 11.3 Å². The van der Waals surface area contributed by atoms with E-state index in [4.69, 9.17) is 18.9 Å². The lowest BCUT2D eigenvalue weighted by molar-refractivity contribution is -0.141. The molecule has 3 rings (SSSR count). The van der Waals surface area contributed by atoms with Gasteiger partial charge in [-0.05, 0) is 17.7 Å². The number of benzene rings is 2. The molecule has 0 unspecified atom stereocenters. The zero-order valence-electron chi connectivity index (χ0n) is 17.1. The number of esters is 1. The van der Waals surface area contributed by atoms with Gasteiger partial charge in [0, 0.05) is 12.1 Å². The fourth-order valence-electron chi connectivity index (χ4n) is 2.89. The lowest BCUT2D eigenvalue weighted by atomic mass is 10.1. The van der Waals surface area contributed by atoms with Gasteiger partial charge >= 0.3 is 5.97 Å². The van der Waals surface area contributed by atoms with Crippen LogP contribution < -0.4 is 19.0 Å². The minimum atomic E-state index is -0.450. The summed E-state index contributed by atoms with van der Waals surface area (Å²) in [4.78, 5) is 29.2. The van der Waals surface area contributed by atoms with Crippen LogP contribution in [-0.2, 0) is 27.3 Å². The zero-order valence-corrected chi connectivity index (χ0v) is 17.9. The number of carbonyl (C=O) groups is 2. The molecule has 0 saturated carbocycles. The summed E-state index contributed by atoms with van der Waals surface area (Å²) in [6, 6.07) is 10.8. The van der Waals surface area contributed by atoms with Gasteiger partial charge in [-0.3, -0.25) is 9.59 Å². The van der Waals surface area contributed by atoms with E-state index >= 15 is 0 Å². The average molecular weight is 430 g/mol. The highest BCUT2D eigenvalue weighted by atomic mass is 32.1. The Bertz CT molecular complexity index is 1130. The monoisotopic (exact) mass is 430 g/mol. The van der Waals surface area contributed by atoms with Gasteiger partial charge in [0.2, 0.25) is 0 Å². The summed E-state index contributed by atoms with van der Waals surface area (Å²) in [7, 11) is 5.97. The molecule has 3 aromatic rings. The second-order valence-corrected chi connectivity index (χ2v) is 7.26. The molecule has 0 aliphatic carbocycles. The Morgan fingerprint density at radius 1 is 0.967 bits per heavy atom. The Morgan fingerprint density at radius 3 is 2.23 bits per heavy atom. The van der Waals surface area contributed by atoms with Crippen molar-refractivity contribution in [2.45, 2.75) is 13.0 Å². The second kappa shape index (κ2) is 9.45. The maximum absolute atomic E-state index is 12.6. The molecule has 0 N–H and O–H groups in total. The molecule has 1 heterocycles. The van der Waals surface area contributed by atoms with Gasteiger partial charge in [0.05, 0.1) is 45.1 Å². The van der Waals surface area contributed by atoms with Crippen molar-refractivity contribution >= 4 is 33.4 Å². The van der Waals surface area contributed by atoms with E-state index in [0.29, 0.717) is 27.6 Å². The van der Waals surface area contributed by atoms with E-state index in [-0.39, 0.29) is 18.9 Å². The number of fused-ring (bicyclic) bond motifs is 1. The van der Waals surface area contributed by atoms with E-state index in [9.17, 15) is 9.59 Å². The molecule has 0 bridgehead atoms. The third-order valence-electron chi connectivity index (χ3n) is 4.44. The standard InChI is InChI=1S/C21H22N2O6S/c1-26-14-7-5-13(6-8-14)9-19(24)22-21-23(12-20(25)29-4)15-10-16(27-2)17(28-3)11-18(15)30-21/h5-8,10-11H,9,12H2,1-4H3. The van der Waals surface area contributed by atoms with Crippen LogP contribution in [0.5, 0.6) is 17.2 Å². The molecule has 0 spiro atoms. The minimum absolute atomic E-state index is 0.0827. The Labute approximate surface area is 177 Å². The van der Waals surface area contributed by atoms with E-state index in [1.54, 1.807) is 43.1 Å². The maximum atomic E-state index is 12.6. The quantitative estimate of drug-likeness (QED) is 0.536. The smallest absolute Gasteiger partial charge is 0.325 e. The normalized spacial score (nSPS) is 11.4. The van der Waals surface area contributed by atoms with Crippen molar-refractivity contribution in [2.24, 2.45) is 4.99 Å². The van der Waals surface area contributed by atoms with Gasteiger partial charge in [0.25, 0.3) is 5.91 Å². The number of nitrogens with zero attached hydrogens (tertiary/aromatic N) is 2. The molecule has 0 aliphatic rings. The summed E-state index contributed by atoms with van der Waals surface area (Å²) >= 11 is 1.28. The molecular weight excluding hydrogens is 408 g/mol. The Hall–Kier alpha value is -3.33. The van der Waals surface area contributed by atoms with Crippen LogP contribution in [-0.4, -0.2) is 44.9 Å². The number of thiazole rings is 1. The molecule has 0 fully saturated rings. The zero-order chi connectivity index (χ0) is 21.7. The molecule has 0 aliphatic heterocycles. The van der Waals surface area contributed by atoms with Gasteiger partial charge in [-0.2, -0.15) is 4.99 Å². The number of ether oxygens (including phenoxy) is 4. The molecule has 0 atom stereocenters. The van der Waals surface area contributed by atoms with Crippen LogP contribution in [0.3, 0.4) is 0 Å².